The van der Waals surface area contributed by atoms with Gasteiger partial charge in [0.1, 0.15) is 5.82 Å². The van der Waals surface area contributed by atoms with E-state index in [0.29, 0.717) is 18.4 Å². The molecule has 2 aliphatic heterocycles. The Morgan fingerprint density at radius 2 is 2.14 bits per heavy atom. The number of hydrogen-bond acceptors (Lipinski definition) is 4. The van der Waals surface area contributed by atoms with Crippen molar-refractivity contribution in [1.29, 1.82) is 0 Å². The number of ether oxygens (including phenoxy) is 1. The van der Waals surface area contributed by atoms with E-state index in [1.54, 1.807) is 0 Å². The van der Waals surface area contributed by atoms with Gasteiger partial charge in [-0.3, -0.25) is 4.79 Å². The van der Waals surface area contributed by atoms with Crippen LogP contribution in [0, 0.1) is 24.7 Å². The van der Waals surface area contributed by atoms with Crippen molar-refractivity contribution in [3.05, 3.63) is 41.5 Å². The number of fused-ring (bicyclic) bond motifs is 2. The van der Waals surface area contributed by atoms with E-state index in [1.807, 2.05) is 6.07 Å². The minimum absolute atomic E-state index is 0.158. The van der Waals surface area contributed by atoms with Gasteiger partial charge < -0.3 is 19.8 Å². The van der Waals surface area contributed by atoms with Gasteiger partial charge >= 0.3 is 0 Å². The molecule has 1 saturated carbocycles. The third kappa shape index (κ3) is 2.78. The van der Waals surface area contributed by atoms with E-state index in [-0.39, 0.29) is 11.8 Å². The second-order valence-electron chi connectivity index (χ2n) is 8.87. The standard InChI is InChI=1S/C22H28N4O2/c1-13-5-4-8-26-19(13)18(14-6-9-28-10-7-14)24-21(26)22(2,3)25-20(27)17-15-11-23-12-16(15)17/h4-6,8,15-17,23H,7,9-12H2,1-3H3,(H,25,27)/t15-,16+,17?. The minimum atomic E-state index is -0.553. The molecule has 2 aromatic rings. The molecule has 3 aliphatic rings. The van der Waals surface area contributed by atoms with Crippen LogP contribution in [0.25, 0.3) is 11.1 Å². The van der Waals surface area contributed by atoms with Crippen molar-refractivity contribution < 1.29 is 9.53 Å². The first-order chi connectivity index (χ1) is 13.5. The lowest BCUT2D eigenvalue weighted by molar-refractivity contribution is -0.124. The number of amides is 1. The number of aromatic nitrogens is 2. The summed E-state index contributed by atoms with van der Waals surface area (Å²) in [5.74, 6) is 2.23. The lowest BCUT2D eigenvalue weighted by Crippen LogP contribution is -2.44. The largest absolute Gasteiger partial charge is 0.377 e. The zero-order chi connectivity index (χ0) is 19.5. The van der Waals surface area contributed by atoms with Gasteiger partial charge in [-0.15, -0.1) is 0 Å². The van der Waals surface area contributed by atoms with Crippen LogP contribution in [-0.2, 0) is 15.1 Å². The molecule has 0 aromatic carbocycles. The molecule has 1 aliphatic carbocycles. The Labute approximate surface area is 165 Å². The molecule has 6 nitrogen and oxygen atoms in total. The molecule has 4 heterocycles. The van der Waals surface area contributed by atoms with Gasteiger partial charge in [-0.25, -0.2) is 4.98 Å². The van der Waals surface area contributed by atoms with Crippen molar-refractivity contribution in [2.45, 2.75) is 32.7 Å². The third-order valence-corrected chi connectivity index (χ3v) is 6.52. The maximum absolute atomic E-state index is 12.9. The first kappa shape index (κ1) is 17.9. The van der Waals surface area contributed by atoms with E-state index < -0.39 is 5.54 Å². The maximum atomic E-state index is 12.9. The number of hydrogen-bond donors (Lipinski definition) is 2. The van der Waals surface area contributed by atoms with Crippen LogP contribution in [0.1, 0.15) is 37.4 Å². The van der Waals surface area contributed by atoms with Gasteiger partial charge in [0.15, 0.2) is 0 Å². The van der Waals surface area contributed by atoms with Gasteiger partial charge in [0.05, 0.1) is 30.0 Å². The first-order valence-electron chi connectivity index (χ1n) is 10.3. The lowest BCUT2D eigenvalue weighted by Gasteiger charge is -2.26. The second-order valence-corrected chi connectivity index (χ2v) is 8.87. The molecule has 0 radical (unpaired) electrons. The lowest BCUT2D eigenvalue weighted by atomic mass is 10.0. The zero-order valence-electron chi connectivity index (χ0n) is 16.8. The summed E-state index contributed by atoms with van der Waals surface area (Å²) in [6, 6.07) is 4.17. The summed E-state index contributed by atoms with van der Waals surface area (Å²) in [6.07, 6.45) is 5.05. The summed E-state index contributed by atoms with van der Waals surface area (Å²) in [7, 11) is 0. The highest BCUT2D eigenvalue weighted by Crippen LogP contribution is 2.49. The molecule has 148 valence electrons. The SMILES string of the molecule is Cc1cccn2c(C(C)(C)NC(=O)C3[C@H]4CNC[C@@H]34)nc(C3=CCOCC3)c12. The Hall–Kier alpha value is -2.18. The number of carbonyl (C=O) groups is 1. The average Bonchev–Trinajstić information content (AvgIpc) is 3.02. The van der Waals surface area contributed by atoms with E-state index >= 15 is 0 Å². The number of aryl methyl sites for hydroxylation is 1. The van der Waals surface area contributed by atoms with Crippen molar-refractivity contribution in [1.82, 2.24) is 20.0 Å². The predicted molar refractivity (Wildman–Crippen MR) is 108 cm³/mol. The molecule has 2 aromatic heterocycles. The smallest absolute Gasteiger partial charge is 0.224 e. The molecular formula is C22H28N4O2. The highest BCUT2D eigenvalue weighted by Gasteiger charge is 2.57. The number of pyridine rings is 1. The fourth-order valence-corrected chi connectivity index (χ4v) is 4.97. The Kier molecular flexibility index (Phi) is 4.10. The number of imidazole rings is 1. The van der Waals surface area contributed by atoms with Crippen LogP contribution in [-0.4, -0.2) is 41.6 Å². The number of piperidine rings is 1. The van der Waals surface area contributed by atoms with E-state index in [9.17, 15) is 4.79 Å². The second kappa shape index (κ2) is 6.42. The van der Waals surface area contributed by atoms with E-state index in [0.717, 1.165) is 43.2 Å². The number of nitrogens with zero attached hydrogens (tertiary/aromatic N) is 2. The van der Waals surface area contributed by atoms with Crippen LogP contribution in [0.15, 0.2) is 24.4 Å². The Balaban J connectivity index is 1.52. The Morgan fingerprint density at radius 3 is 2.86 bits per heavy atom. The van der Waals surface area contributed by atoms with Crippen molar-refractivity contribution in [2.75, 3.05) is 26.3 Å². The molecule has 6 heteroatoms. The molecule has 5 rings (SSSR count). The van der Waals surface area contributed by atoms with Gasteiger partial charge in [-0.2, -0.15) is 0 Å². The summed E-state index contributed by atoms with van der Waals surface area (Å²) in [6.45, 7) is 9.53. The molecule has 1 saturated heterocycles. The van der Waals surface area contributed by atoms with Crippen LogP contribution >= 0.6 is 0 Å². The normalized spacial score (nSPS) is 26.8. The molecular weight excluding hydrogens is 352 g/mol. The number of carbonyl (C=O) groups excluding carboxylic acids is 1. The van der Waals surface area contributed by atoms with Crippen molar-refractivity contribution in [3.8, 4) is 0 Å². The molecule has 0 bridgehead atoms. The van der Waals surface area contributed by atoms with Crippen molar-refractivity contribution >= 4 is 17.0 Å². The summed E-state index contributed by atoms with van der Waals surface area (Å²) >= 11 is 0. The highest BCUT2D eigenvalue weighted by molar-refractivity contribution is 5.84. The van der Waals surface area contributed by atoms with Crippen LogP contribution < -0.4 is 10.6 Å². The molecule has 3 atom stereocenters. The minimum Gasteiger partial charge on any atom is -0.377 e. The van der Waals surface area contributed by atoms with E-state index in [1.165, 1.54) is 11.1 Å². The summed E-state index contributed by atoms with van der Waals surface area (Å²) in [5.41, 5.74) is 4.01. The molecule has 2 fully saturated rings. The Morgan fingerprint density at radius 1 is 1.36 bits per heavy atom. The average molecular weight is 380 g/mol. The number of rotatable bonds is 4. The van der Waals surface area contributed by atoms with Crippen molar-refractivity contribution in [2.24, 2.45) is 17.8 Å². The third-order valence-electron chi connectivity index (χ3n) is 6.52. The van der Waals surface area contributed by atoms with Crippen LogP contribution in [0.3, 0.4) is 0 Å². The summed E-state index contributed by atoms with van der Waals surface area (Å²) in [5, 5.41) is 6.66. The van der Waals surface area contributed by atoms with E-state index in [2.05, 4.69) is 54.1 Å². The zero-order valence-corrected chi connectivity index (χ0v) is 16.8. The predicted octanol–water partition coefficient (Wildman–Crippen LogP) is 2.26. The molecule has 0 spiro atoms. The first-order valence-corrected chi connectivity index (χ1v) is 10.3. The maximum Gasteiger partial charge on any atom is 0.224 e. The summed E-state index contributed by atoms with van der Waals surface area (Å²) < 4.78 is 7.64. The molecule has 28 heavy (non-hydrogen) atoms. The van der Waals surface area contributed by atoms with Crippen LogP contribution in [0.4, 0.5) is 0 Å². The fourth-order valence-electron chi connectivity index (χ4n) is 4.97. The highest BCUT2D eigenvalue weighted by atomic mass is 16.5. The topological polar surface area (TPSA) is 67.7 Å². The van der Waals surface area contributed by atoms with Gasteiger partial charge in [0, 0.05) is 12.1 Å². The van der Waals surface area contributed by atoms with E-state index in [4.69, 9.17) is 9.72 Å². The molecule has 1 unspecified atom stereocenters. The summed E-state index contributed by atoms with van der Waals surface area (Å²) in [4.78, 5) is 18.0. The Bertz CT molecular complexity index is 964. The van der Waals surface area contributed by atoms with Gasteiger partial charge in [-0.1, -0.05) is 12.1 Å². The van der Waals surface area contributed by atoms with Gasteiger partial charge in [0.25, 0.3) is 0 Å². The fraction of sp³-hybridized carbons (Fsp3) is 0.545. The van der Waals surface area contributed by atoms with Crippen LogP contribution in [0.2, 0.25) is 0 Å². The van der Waals surface area contributed by atoms with Gasteiger partial charge in [-0.05, 0) is 69.3 Å². The van der Waals surface area contributed by atoms with Gasteiger partial charge in [0.2, 0.25) is 5.91 Å². The quantitative estimate of drug-likeness (QED) is 0.854. The monoisotopic (exact) mass is 380 g/mol. The van der Waals surface area contributed by atoms with Crippen molar-refractivity contribution in [3.63, 3.8) is 0 Å². The number of nitrogens with one attached hydrogen (secondary N) is 2. The molecule has 1 amide bonds. The van der Waals surface area contributed by atoms with Crippen LogP contribution in [0.5, 0.6) is 0 Å². The molecule has 2 N–H and O–H groups in total.